The van der Waals surface area contributed by atoms with Crippen molar-refractivity contribution in [3.05, 3.63) is 78.0 Å². The summed E-state index contributed by atoms with van der Waals surface area (Å²) in [5, 5.41) is 11.8. The number of hydrogen-bond donors (Lipinski definition) is 3. The highest BCUT2D eigenvalue weighted by molar-refractivity contribution is 7.92. The molecule has 172 valence electrons. The van der Waals surface area contributed by atoms with Gasteiger partial charge in [-0.2, -0.15) is 5.26 Å². The summed E-state index contributed by atoms with van der Waals surface area (Å²) < 4.78 is 28.1. The summed E-state index contributed by atoms with van der Waals surface area (Å²) in [6, 6.07) is 19.6. The van der Waals surface area contributed by atoms with Crippen LogP contribution in [0.5, 0.6) is 0 Å². The summed E-state index contributed by atoms with van der Waals surface area (Å²) in [5.74, 6) is 5.79. The maximum Gasteiger partial charge on any atom is 0.261 e. The normalized spacial score (nSPS) is 13.3. The molecule has 4 N–H and O–H groups in total. The third kappa shape index (κ3) is 5.65. The van der Waals surface area contributed by atoms with Crippen LogP contribution in [0.2, 0.25) is 0 Å². The molecule has 1 amide bonds. The molecule has 0 spiro atoms. The number of rotatable bonds is 5. The Hall–Kier alpha value is -4.05. The van der Waals surface area contributed by atoms with E-state index < -0.39 is 15.4 Å². The molecule has 10 heteroatoms. The van der Waals surface area contributed by atoms with Crippen LogP contribution in [0.25, 0.3) is 0 Å². The first-order valence-corrected chi connectivity index (χ1v) is 11.5. The van der Waals surface area contributed by atoms with Crippen molar-refractivity contribution in [2.45, 2.75) is 17.7 Å². The van der Waals surface area contributed by atoms with Gasteiger partial charge in [-0.3, -0.25) is 9.52 Å². The fourth-order valence-corrected chi connectivity index (χ4v) is 4.06. The molecule has 0 unspecified atom stereocenters. The Bertz CT molecular complexity index is 1430. The van der Waals surface area contributed by atoms with Gasteiger partial charge in [0, 0.05) is 11.3 Å². The number of sulfonamides is 1. The SMILES string of the molecule is Cl.N#CC1(C(=O)Nc2cccc(NS(=O)(=O)c3ccc(C#Cc4cccc(N)n4)cc3)c2)CC1. The van der Waals surface area contributed by atoms with Crippen LogP contribution in [0, 0.1) is 28.6 Å². The van der Waals surface area contributed by atoms with Crippen LogP contribution in [0.15, 0.2) is 71.6 Å². The quantitative estimate of drug-likeness (QED) is 0.465. The van der Waals surface area contributed by atoms with E-state index >= 15 is 0 Å². The Balaban J connectivity index is 0.00000324. The van der Waals surface area contributed by atoms with E-state index in [1.165, 1.54) is 18.2 Å². The molecule has 1 heterocycles. The van der Waals surface area contributed by atoms with Gasteiger partial charge in [0.15, 0.2) is 0 Å². The highest BCUT2D eigenvalue weighted by Crippen LogP contribution is 2.45. The van der Waals surface area contributed by atoms with Crippen LogP contribution in [0.4, 0.5) is 17.2 Å². The van der Waals surface area contributed by atoms with Gasteiger partial charge in [-0.1, -0.05) is 18.1 Å². The van der Waals surface area contributed by atoms with Gasteiger partial charge in [-0.15, -0.1) is 12.4 Å². The van der Waals surface area contributed by atoms with E-state index in [-0.39, 0.29) is 28.9 Å². The maximum atomic E-state index is 12.8. The highest BCUT2D eigenvalue weighted by Gasteiger charge is 2.50. The van der Waals surface area contributed by atoms with Crippen LogP contribution in [-0.4, -0.2) is 19.3 Å². The number of nitrogens with two attached hydrogens (primary N) is 1. The average Bonchev–Trinajstić information content (AvgIpc) is 3.60. The number of hydrogen-bond acceptors (Lipinski definition) is 6. The van der Waals surface area contributed by atoms with Crippen molar-refractivity contribution in [2.24, 2.45) is 5.41 Å². The van der Waals surface area contributed by atoms with Crippen molar-refractivity contribution in [1.29, 1.82) is 5.26 Å². The monoisotopic (exact) mass is 493 g/mol. The van der Waals surface area contributed by atoms with Crippen molar-refractivity contribution in [1.82, 2.24) is 4.98 Å². The number of amides is 1. The molecule has 0 aliphatic heterocycles. The van der Waals surface area contributed by atoms with Crippen molar-refractivity contribution >= 4 is 45.5 Å². The Morgan fingerprint density at radius 3 is 2.32 bits per heavy atom. The van der Waals surface area contributed by atoms with E-state index in [2.05, 4.69) is 26.9 Å². The van der Waals surface area contributed by atoms with Gasteiger partial charge in [0.25, 0.3) is 10.0 Å². The number of carbonyl (C=O) groups excluding carboxylic acids is 1. The van der Waals surface area contributed by atoms with Gasteiger partial charge in [0.1, 0.15) is 16.9 Å². The minimum Gasteiger partial charge on any atom is -0.384 e. The summed E-state index contributed by atoms with van der Waals surface area (Å²) in [6.45, 7) is 0. The minimum absolute atomic E-state index is 0. The Labute approximate surface area is 203 Å². The lowest BCUT2D eigenvalue weighted by Crippen LogP contribution is -2.22. The summed E-state index contributed by atoms with van der Waals surface area (Å²) >= 11 is 0. The zero-order chi connectivity index (χ0) is 23.5. The lowest BCUT2D eigenvalue weighted by atomic mass is 10.1. The molecule has 8 nitrogen and oxygen atoms in total. The Morgan fingerprint density at radius 1 is 1.00 bits per heavy atom. The molecule has 1 fully saturated rings. The second kappa shape index (κ2) is 9.84. The lowest BCUT2D eigenvalue weighted by Gasteiger charge is -2.11. The Morgan fingerprint density at radius 2 is 1.68 bits per heavy atom. The molecular weight excluding hydrogens is 474 g/mol. The number of carbonyl (C=O) groups is 1. The summed E-state index contributed by atoms with van der Waals surface area (Å²) in [5.41, 5.74) is 6.49. The molecule has 4 rings (SSSR count). The van der Waals surface area contributed by atoms with Gasteiger partial charge in [0.05, 0.1) is 16.7 Å². The van der Waals surface area contributed by atoms with Gasteiger partial charge in [-0.05, 0) is 73.4 Å². The number of benzene rings is 2. The standard InChI is InChI=1S/C24H19N5O3S.ClH/c25-16-24(13-14-24)23(30)28-19-4-1-5-20(15-19)29-33(31,32)21-11-8-17(9-12-21)7-10-18-3-2-6-22(26)27-18;/h1-6,8-9,11-12,15,29H,13-14H2,(H2,26,27)(H,28,30);1H. The number of nitrogens with zero attached hydrogens (tertiary/aromatic N) is 2. The van der Waals surface area contributed by atoms with Crippen LogP contribution in [-0.2, 0) is 14.8 Å². The maximum absolute atomic E-state index is 12.8. The van der Waals surface area contributed by atoms with E-state index in [0.29, 0.717) is 35.6 Å². The molecule has 1 saturated carbocycles. The van der Waals surface area contributed by atoms with E-state index in [9.17, 15) is 13.2 Å². The second-order valence-electron chi connectivity index (χ2n) is 7.56. The van der Waals surface area contributed by atoms with Crippen LogP contribution in [0.1, 0.15) is 24.1 Å². The number of nitriles is 1. The molecule has 0 bridgehead atoms. The van der Waals surface area contributed by atoms with Gasteiger partial charge in [-0.25, -0.2) is 13.4 Å². The number of anilines is 3. The molecular formula is C24H20ClN5O3S. The molecule has 1 aliphatic carbocycles. The molecule has 3 aromatic rings. The first-order valence-electron chi connectivity index (χ1n) is 10.00. The smallest absolute Gasteiger partial charge is 0.261 e. The fraction of sp³-hybridized carbons (Fsp3) is 0.125. The fourth-order valence-electron chi connectivity index (χ4n) is 3.01. The van der Waals surface area contributed by atoms with E-state index in [1.54, 1.807) is 48.5 Å². The third-order valence-corrected chi connectivity index (χ3v) is 6.44. The molecule has 0 radical (unpaired) electrons. The third-order valence-electron chi connectivity index (χ3n) is 5.04. The largest absolute Gasteiger partial charge is 0.384 e. The molecule has 0 atom stereocenters. The number of pyridine rings is 1. The van der Waals surface area contributed by atoms with Crippen molar-refractivity contribution in [3.63, 3.8) is 0 Å². The molecule has 34 heavy (non-hydrogen) atoms. The second-order valence-corrected chi connectivity index (χ2v) is 9.24. The molecule has 2 aromatic carbocycles. The topological polar surface area (TPSA) is 138 Å². The first kappa shape index (κ1) is 24.6. The zero-order valence-electron chi connectivity index (χ0n) is 17.8. The number of nitrogen functional groups attached to an aromatic ring is 1. The van der Waals surface area contributed by atoms with Gasteiger partial charge in [0.2, 0.25) is 5.91 Å². The van der Waals surface area contributed by atoms with Crippen molar-refractivity contribution in [2.75, 3.05) is 15.8 Å². The van der Waals surface area contributed by atoms with E-state index in [0.717, 1.165) is 0 Å². The van der Waals surface area contributed by atoms with Crippen LogP contribution in [0.3, 0.4) is 0 Å². The predicted molar refractivity (Wildman–Crippen MR) is 131 cm³/mol. The molecule has 1 aromatic heterocycles. The predicted octanol–water partition coefficient (Wildman–Crippen LogP) is 3.53. The first-order chi connectivity index (χ1) is 15.8. The van der Waals surface area contributed by atoms with Gasteiger partial charge < -0.3 is 11.1 Å². The summed E-state index contributed by atoms with van der Waals surface area (Å²) in [6.07, 6.45) is 1.05. The van der Waals surface area contributed by atoms with Gasteiger partial charge >= 0.3 is 0 Å². The summed E-state index contributed by atoms with van der Waals surface area (Å²) in [4.78, 5) is 16.4. The minimum atomic E-state index is -3.86. The van der Waals surface area contributed by atoms with Crippen molar-refractivity contribution < 1.29 is 13.2 Å². The lowest BCUT2D eigenvalue weighted by molar-refractivity contribution is -0.119. The molecule has 1 aliphatic rings. The van der Waals surface area contributed by atoms with E-state index in [1.807, 2.05) is 6.07 Å². The number of halogens is 1. The van der Waals surface area contributed by atoms with E-state index in [4.69, 9.17) is 11.0 Å². The number of aromatic nitrogens is 1. The molecule has 0 saturated heterocycles. The van der Waals surface area contributed by atoms with Crippen LogP contribution >= 0.6 is 12.4 Å². The number of nitrogens with one attached hydrogen (secondary N) is 2. The van der Waals surface area contributed by atoms with Crippen LogP contribution < -0.4 is 15.8 Å². The van der Waals surface area contributed by atoms with Crippen molar-refractivity contribution in [3.8, 4) is 17.9 Å². The highest BCUT2D eigenvalue weighted by atomic mass is 35.5. The average molecular weight is 494 g/mol. The Kier molecular flexibility index (Phi) is 7.11. The zero-order valence-corrected chi connectivity index (χ0v) is 19.4. The summed E-state index contributed by atoms with van der Waals surface area (Å²) in [7, 11) is -3.86.